The molecule has 1 aromatic rings. The number of benzene rings is 1. The van der Waals surface area contributed by atoms with Crippen LogP contribution in [0, 0.1) is 11.3 Å². The lowest BCUT2D eigenvalue weighted by atomic mass is 9.64. The summed E-state index contributed by atoms with van der Waals surface area (Å²) >= 11 is 0. The summed E-state index contributed by atoms with van der Waals surface area (Å²) < 4.78 is 5.11. The molecule has 1 aromatic carbocycles. The van der Waals surface area contributed by atoms with Crippen molar-refractivity contribution in [2.45, 2.75) is 39.5 Å². The van der Waals surface area contributed by atoms with Crippen molar-refractivity contribution in [2.75, 3.05) is 13.2 Å². The van der Waals surface area contributed by atoms with Gasteiger partial charge in [-0.05, 0) is 48.8 Å². The van der Waals surface area contributed by atoms with E-state index in [1.54, 1.807) is 24.3 Å². The van der Waals surface area contributed by atoms with Crippen LogP contribution in [0.25, 0.3) is 0 Å². The maximum Gasteiger partial charge on any atom is 0.341 e. The zero-order valence-electron chi connectivity index (χ0n) is 13.8. The molecule has 0 spiro atoms. The van der Waals surface area contributed by atoms with E-state index in [0.717, 1.165) is 6.42 Å². The number of carbonyl (C=O) groups is 2. The summed E-state index contributed by atoms with van der Waals surface area (Å²) in [6, 6.07) is 6.62. The van der Waals surface area contributed by atoms with E-state index in [2.05, 4.69) is 19.2 Å². The van der Waals surface area contributed by atoms with Crippen LogP contribution in [0.4, 0.5) is 0 Å². The Morgan fingerprint density at radius 2 is 2.09 bits per heavy atom. The number of aliphatic carboxylic acids is 1. The van der Waals surface area contributed by atoms with Crippen LogP contribution in [-0.4, -0.2) is 30.1 Å². The fourth-order valence-electron chi connectivity index (χ4n) is 3.24. The van der Waals surface area contributed by atoms with E-state index < -0.39 is 12.6 Å². The maximum absolute atomic E-state index is 12.3. The molecule has 0 heterocycles. The number of rotatable bonds is 8. The number of ether oxygens (including phenoxy) is 1. The first-order valence-corrected chi connectivity index (χ1v) is 8.13. The van der Waals surface area contributed by atoms with Crippen molar-refractivity contribution < 1.29 is 19.4 Å². The number of hydrogen-bond donors (Lipinski definition) is 2. The fourth-order valence-corrected chi connectivity index (χ4v) is 3.24. The third kappa shape index (κ3) is 4.98. The Kier molecular flexibility index (Phi) is 5.64. The van der Waals surface area contributed by atoms with Gasteiger partial charge in [-0.15, -0.1) is 0 Å². The highest BCUT2D eigenvalue weighted by Gasteiger charge is 2.37. The highest BCUT2D eigenvalue weighted by atomic mass is 16.5. The molecule has 0 unspecified atom stereocenters. The number of hydrogen-bond acceptors (Lipinski definition) is 3. The number of carboxylic acid groups (broad SMARTS) is 1. The smallest absolute Gasteiger partial charge is 0.341 e. The Hall–Kier alpha value is -2.04. The second kappa shape index (κ2) is 7.49. The van der Waals surface area contributed by atoms with Crippen LogP contribution in [0.5, 0.6) is 5.75 Å². The molecule has 2 N–H and O–H groups in total. The Labute approximate surface area is 137 Å². The molecule has 0 aromatic heterocycles. The Morgan fingerprint density at radius 1 is 1.35 bits per heavy atom. The van der Waals surface area contributed by atoms with Crippen LogP contribution < -0.4 is 10.1 Å². The zero-order valence-corrected chi connectivity index (χ0v) is 13.8. The molecule has 0 radical (unpaired) electrons. The minimum Gasteiger partial charge on any atom is -0.482 e. The minimum absolute atomic E-state index is 0.138. The molecular weight excluding hydrogens is 294 g/mol. The first kappa shape index (κ1) is 17.3. The molecule has 1 aliphatic carbocycles. The molecule has 5 nitrogen and oxygen atoms in total. The number of amides is 1. The zero-order chi connectivity index (χ0) is 16.9. The molecule has 1 fully saturated rings. The van der Waals surface area contributed by atoms with Crippen molar-refractivity contribution >= 4 is 11.9 Å². The van der Waals surface area contributed by atoms with E-state index in [0.29, 0.717) is 23.8 Å². The van der Waals surface area contributed by atoms with Gasteiger partial charge in [0.1, 0.15) is 5.75 Å². The van der Waals surface area contributed by atoms with E-state index in [4.69, 9.17) is 9.84 Å². The van der Waals surface area contributed by atoms with Crippen molar-refractivity contribution in [1.29, 1.82) is 0 Å². The standard InChI is InChI=1S/C18H25NO4/c1-13(2)10-18(7-4-8-18)12-19-17(22)14-5-3-6-15(9-14)23-11-16(20)21/h3,5-6,9,13H,4,7-8,10-12H2,1-2H3,(H,19,22)(H,20,21). The summed E-state index contributed by atoms with van der Waals surface area (Å²) in [7, 11) is 0. The summed E-state index contributed by atoms with van der Waals surface area (Å²) in [4.78, 5) is 22.9. The van der Waals surface area contributed by atoms with Gasteiger partial charge in [0.05, 0.1) is 0 Å². The largest absolute Gasteiger partial charge is 0.482 e. The highest BCUT2D eigenvalue weighted by Crippen LogP contribution is 2.45. The summed E-state index contributed by atoms with van der Waals surface area (Å²) in [5.41, 5.74) is 0.744. The topological polar surface area (TPSA) is 75.6 Å². The van der Waals surface area contributed by atoms with Crippen molar-refractivity contribution in [3.05, 3.63) is 29.8 Å². The average molecular weight is 319 g/mol. The van der Waals surface area contributed by atoms with Gasteiger partial charge in [-0.2, -0.15) is 0 Å². The molecule has 0 saturated heterocycles. The minimum atomic E-state index is -1.04. The van der Waals surface area contributed by atoms with E-state index in [1.165, 1.54) is 19.3 Å². The van der Waals surface area contributed by atoms with Gasteiger partial charge >= 0.3 is 5.97 Å². The second-order valence-electron chi connectivity index (χ2n) is 6.84. The van der Waals surface area contributed by atoms with Crippen LogP contribution in [0.2, 0.25) is 0 Å². The molecular formula is C18H25NO4. The monoisotopic (exact) mass is 319 g/mol. The van der Waals surface area contributed by atoms with Gasteiger partial charge in [0.25, 0.3) is 5.91 Å². The van der Waals surface area contributed by atoms with Crippen molar-refractivity contribution in [3.63, 3.8) is 0 Å². The van der Waals surface area contributed by atoms with Crippen LogP contribution in [0.1, 0.15) is 49.9 Å². The van der Waals surface area contributed by atoms with Gasteiger partial charge < -0.3 is 15.2 Å². The van der Waals surface area contributed by atoms with Gasteiger partial charge in [-0.1, -0.05) is 26.3 Å². The predicted molar refractivity (Wildman–Crippen MR) is 87.6 cm³/mol. The predicted octanol–water partition coefficient (Wildman–Crippen LogP) is 3.10. The summed E-state index contributed by atoms with van der Waals surface area (Å²) in [6.45, 7) is 4.71. The first-order chi connectivity index (χ1) is 10.9. The summed E-state index contributed by atoms with van der Waals surface area (Å²) in [5.74, 6) is -0.165. The highest BCUT2D eigenvalue weighted by molar-refractivity contribution is 5.94. The Bertz CT molecular complexity index is 564. The van der Waals surface area contributed by atoms with Gasteiger partial charge in [-0.25, -0.2) is 4.79 Å². The summed E-state index contributed by atoms with van der Waals surface area (Å²) in [6.07, 6.45) is 4.72. The van der Waals surface area contributed by atoms with Gasteiger partial charge in [-0.3, -0.25) is 4.79 Å². The third-order valence-corrected chi connectivity index (χ3v) is 4.34. The van der Waals surface area contributed by atoms with Crippen molar-refractivity contribution in [3.8, 4) is 5.75 Å². The van der Waals surface area contributed by atoms with E-state index in [-0.39, 0.29) is 11.3 Å². The quantitative estimate of drug-likeness (QED) is 0.772. The molecule has 23 heavy (non-hydrogen) atoms. The molecule has 126 valence electrons. The van der Waals surface area contributed by atoms with Gasteiger partial charge in [0.2, 0.25) is 0 Å². The van der Waals surface area contributed by atoms with Crippen LogP contribution in [0.15, 0.2) is 24.3 Å². The van der Waals surface area contributed by atoms with Crippen LogP contribution >= 0.6 is 0 Å². The Balaban J connectivity index is 1.92. The lowest BCUT2D eigenvalue weighted by molar-refractivity contribution is -0.139. The first-order valence-electron chi connectivity index (χ1n) is 8.13. The van der Waals surface area contributed by atoms with Crippen LogP contribution in [0.3, 0.4) is 0 Å². The molecule has 0 aliphatic heterocycles. The van der Waals surface area contributed by atoms with Gasteiger partial charge in [0.15, 0.2) is 6.61 Å². The molecule has 2 rings (SSSR count). The molecule has 1 amide bonds. The number of nitrogens with one attached hydrogen (secondary N) is 1. The molecule has 0 bridgehead atoms. The Morgan fingerprint density at radius 3 is 2.65 bits per heavy atom. The average Bonchev–Trinajstić information content (AvgIpc) is 2.47. The number of carbonyl (C=O) groups excluding carboxylic acids is 1. The molecule has 0 atom stereocenters. The fraction of sp³-hybridized carbons (Fsp3) is 0.556. The third-order valence-electron chi connectivity index (χ3n) is 4.34. The number of carboxylic acids is 1. The molecule has 1 aliphatic rings. The van der Waals surface area contributed by atoms with Crippen molar-refractivity contribution in [2.24, 2.45) is 11.3 Å². The maximum atomic E-state index is 12.3. The molecule has 1 saturated carbocycles. The van der Waals surface area contributed by atoms with E-state index >= 15 is 0 Å². The lowest BCUT2D eigenvalue weighted by Crippen LogP contribution is -2.43. The normalized spacial score (nSPS) is 15.8. The lowest BCUT2D eigenvalue weighted by Gasteiger charge is -2.43. The van der Waals surface area contributed by atoms with E-state index in [9.17, 15) is 9.59 Å². The van der Waals surface area contributed by atoms with Gasteiger partial charge in [0, 0.05) is 12.1 Å². The van der Waals surface area contributed by atoms with Crippen LogP contribution in [-0.2, 0) is 4.79 Å². The summed E-state index contributed by atoms with van der Waals surface area (Å²) in [5, 5.41) is 11.7. The molecule has 5 heteroatoms. The second-order valence-corrected chi connectivity index (χ2v) is 6.84. The van der Waals surface area contributed by atoms with Crippen molar-refractivity contribution in [1.82, 2.24) is 5.32 Å². The SMILES string of the molecule is CC(C)CC1(CNC(=O)c2cccc(OCC(=O)O)c2)CCC1. The van der Waals surface area contributed by atoms with E-state index in [1.807, 2.05) is 0 Å².